The zero-order valence-electron chi connectivity index (χ0n) is 23.0. The molecule has 0 radical (unpaired) electrons. The van der Waals surface area contributed by atoms with E-state index >= 15 is 0 Å². The van der Waals surface area contributed by atoms with Crippen molar-refractivity contribution in [1.82, 2.24) is 10.2 Å². The third-order valence-corrected chi connectivity index (χ3v) is 7.99. The van der Waals surface area contributed by atoms with Crippen molar-refractivity contribution in [3.05, 3.63) is 95.1 Å². The first kappa shape index (κ1) is 27.5. The molecule has 2 aliphatic rings. The normalized spacial score (nSPS) is 23.9. The first-order chi connectivity index (χ1) is 19.0. The molecule has 2 saturated heterocycles. The van der Waals surface area contributed by atoms with Crippen molar-refractivity contribution < 1.29 is 19.4 Å². The SMILES string of the molecule is CC(=O)NCc1cccc(-c2ccc([C@@H]3O[C@H](CN4CCCCC4)[C@H](C)[C@H](c4ccc(CO)cc4)O3)cc2)c1. The van der Waals surface area contributed by atoms with Crippen LogP contribution < -0.4 is 5.32 Å². The van der Waals surface area contributed by atoms with E-state index in [-0.39, 0.29) is 30.6 Å². The summed E-state index contributed by atoms with van der Waals surface area (Å²) in [4.78, 5) is 13.8. The Kier molecular flexibility index (Phi) is 9.09. The number of piperidine rings is 1. The Bertz CT molecular complexity index is 1220. The van der Waals surface area contributed by atoms with E-state index in [1.165, 1.54) is 26.2 Å². The van der Waals surface area contributed by atoms with E-state index in [2.05, 4.69) is 65.7 Å². The van der Waals surface area contributed by atoms with E-state index in [1.807, 2.05) is 24.3 Å². The zero-order chi connectivity index (χ0) is 27.2. The molecule has 2 aliphatic heterocycles. The molecule has 6 nitrogen and oxygen atoms in total. The molecule has 5 rings (SSSR count). The molecule has 2 N–H and O–H groups in total. The lowest BCUT2D eigenvalue weighted by molar-refractivity contribution is -0.276. The molecule has 0 unspecified atom stereocenters. The highest BCUT2D eigenvalue weighted by Crippen LogP contribution is 2.42. The van der Waals surface area contributed by atoms with Crippen molar-refractivity contribution in [2.75, 3.05) is 19.6 Å². The zero-order valence-corrected chi connectivity index (χ0v) is 23.0. The summed E-state index contributed by atoms with van der Waals surface area (Å²) >= 11 is 0. The van der Waals surface area contributed by atoms with Gasteiger partial charge in [-0.15, -0.1) is 0 Å². The van der Waals surface area contributed by atoms with Gasteiger partial charge in [-0.25, -0.2) is 0 Å². The van der Waals surface area contributed by atoms with Crippen LogP contribution in [0.5, 0.6) is 0 Å². The molecule has 4 atom stereocenters. The van der Waals surface area contributed by atoms with E-state index in [9.17, 15) is 9.90 Å². The van der Waals surface area contributed by atoms with E-state index in [4.69, 9.17) is 9.47 Å². The number of aliphatic hydroxyl groups is 1. The number of nitrogens with one attached hydrogen (secondary N) is 1. The number of benzene rings is 3. The standard InChI is InChI=1S/C33H40N2O4/c1-23-31(21-35-17-4-3-5-18-35)38-33(39-32(23)28-11-9-25(22-36)10-12-28)29-15-13-27(14-16-29)30-8-6-7-26(19-30)20-34-24(2)37/h6-16,19,23,31-33,36H,3-5,17-18,20-22H2,1-2H3,(H,34,37)/t23-,31+,32+,33+/m0/s1. The van der Waals surface area contributed by atoms with Gasteiger partial charge in [-0.3, -0.25) is 4.79 Å². The summed E-state index contributed by atoms with van der Waals surface area (Å²) in [6.07, 6.45) is 3.30. The fourth-order valence-electron chi connectivity index (χ4n) is 5.64. The number of hydrogen-bond donors (Lipinski definition) is 2. The molecular weight excluding hydrogens is 488 g/mol. The second-order valence-corrected chi connectivity index (χ2v) is 10.9. The van der Waals surface area contributed by atoms with Gasteiger partial charge in [-0.1, -0.05) is 80.1 Å². The molecule has 0 bridgehead atoms. The maximum absolute atomic E-state index is 11.3. The predicted molar refractivity (Wildman–Crippen MR) is 153 cm³/mol. The van der Waals surface area contributed by atoms with Gasteiger partial charge in [0, 0.05) is 31.5 Å². The second-order valence-electron chi connectivity index (χ2n) is 10.9. The summed E-state index contributed by atoms with van der Waals surface area (Å²) in [6, 6.07) is 24.8. The van der Waals surface area contributed by atoms with E-state index in [0.29, 0.717) is 6.54 Å². The highest BCUT2D eigenvalue weighted by atomic mass is 16.7. The Balaban J connectivity index is 1.36. The Morgan fingerprint density at radius 3 is 2.31 bits per heavy atom. The predicted octanol–water partition coefficient (Wildman–Crippen LogP) is 5.76. The molecule has 2 heterocycles. The first-order valence-electron chi connectivity index (χ1n) is 14.2. The van der Waals surface area contributed by atoms with Crippen molar-refractivity contribution in [3.63, 3.8) is 0 Å². The van der Waals surface area contributed by atoms with Crippen molar-refractivity contribution in [2.24, 2.45) is 5.92 Å². The monoisotopic (exact) mass is 528 g/mol. The van der Waals surface area contributed by atoms with Gasteiger partial charge in [-0.2, -0.15) is 0 Å². The summed E-state index contributed by atoms with van der Waals surface area (Å²) in [6.45, 7) is 7.48. The average Bonchev–Trinajstić information content (AvgIpc) is 2.98. The van der Waals surface area contributed by atoms with Crippen LogP contribution in [0, 0.1) is 5.92 Å². The fourth-order valence-corrected chi connectivity index (χ4v) is 5.64. The summed E-state index contributed by atoms with van der Waals surface area (Å²) in [5.74, 6) is 0.154. The van der Waals surface area contributed by atoms with Gasteiger partial charge in [0.1, 0.15) is 0 Å². The fraction of sp³-hybridized carbons (Fsp3) is 0.424. The smallest absolute Gasteiger partial charge is 0.217 e. The second kappa shape index (κ2) is 12.9. The van der Waals surface area contributed by atoms with Crippen LogP contribution >= 0.6 is 0 Å². The minimum absolute atomic E-state index is 0.0345. The summed E-state index contributed by atoms with van der Waals surface area (Å²) in [5, 5.41) is 12.4. The van der Waals surface area contributed by atoms with Crippen LogP contribution in [0.3, 0.4) is 0 Å². The number of nitrogens with zero attached hydrogens (tertiary/aromatic N) is 1. The molecule has 3 aromatic carbocycles. The lowest BCUT2D eigenvalue weighted by Gasteiger charge is -2.43. The summed E-state index contributed by atoms with van der Waals surface area (Å²) in [5.41, 5.74) is 6.29. The number of hydrogen-bond acceptors (Lipinski definition) is 5. The highest BCUT2D eigenvalue weighted by Gasteiger charge is 2.39. The van der Waals surface area contributed by atoms with Gasteiger partial charge in [-0.05, 0) is 59.8 Å². The molecule has 39 heavy (non-hydrogen) atoms. The van der Waals surface area contributed by atoms with Gasteiger partial charge in [0.15, 0.2) is 6.29 Å². The number of carbonyl (C=O) groups is 1. The van der Waals surface area contributed by atoms with Crippen molar-refractivity contribution in [3.8, 4) is 11.1 Å². The molecule has 0 spiro atoms. The van der Waals surface area contributed by atoms with Gasteiger partial charge in [0.25, 0.3) is 0 Å². The maximum Gasteiger partial charge on any atom is 0.217 e. The number of ether oxygens (including phenoxy) is 2. The number of likely N-dealkylation sites (tertiary alicyclic amines) is 1. The molecule has 206 valence electrons. The highest BCUT2D eigenvalue weighted by molar-refractivity contribution is 5.73. The van der Waals surface area contributed by atoms with Crippen LogP contribution in [0.2, 0.25) is 0 Å². The van der Waals surface area contributed by atoms with E-state index in [0.717, 1.165) is 53.0 Å². The van der Waals surface area contributed by atoms with Crippen LogP contribution in [0.15, 0.2) is 72.8 Å². The Morgan fingerprint density at radius 1 is 0.897 bits per heavy atom. The molecule has 3 aromatic rings. The van der Waals surface area contributed by atoms with Crippen LogP contribution in [0.1, 0.15) is 67.8 Å². The summed E-state index contributed by atoms with van der Waals surface area (Å²) < 4.78 is 13.3. The topological polar surface area (TPSA) is 71.0 Å². The number of amides is 1. The Labute approximate surface area is 232 Å². The van der Waals surface area contributed by atoms with Crippen LogP contribution in [-0.2, 0) is 27.4 Å². The lowest BCUT2D eigenvalue weighted by Crippen LogP contribution is -2.45. The Morgan fingerprint density at radius 2 is 1.62 bits per heavy atom. The van der Waals surface area contributed by atoms with Gasteiger partial charge < -0.3 is 24.8 Å². The minimum atomic E-state index is -0.460. The van der Waals surface area contributed by atoms with Crippen LogP contribution in [-0.4, -0.2) is 41.7 Å². The minimum Gasteiger partial charge on any atom is -0.392 e. The average molecular weight is 529 g/mol. The quantitative estimate of drug-likeness (QED) is 0.389. The molecule has 0 aliphatic carbocycles. The van der Waals surface area contributed by atoms with Gasteiger partial charge >= 0.3 is 0 Å². The van der Waals surface area contributed by atoms with Gasteiger partial charge in [0.05, 0.1) is 18.8 Å². The van der Waals surface area contributed by atoms with Crippen molar-refractivity contribution >= 4 is 5.91 Å². The lowest BCUT2D eigenvalue weighted by atomic mass is 9.89. The molecule has 6 heteroatoms. The Hall–Kier alpha value is -3.03. The van der Waals surface area contributed by atoms with Crippen LogP contribution in [0.4, 0.5) is 0 Å². The molecule has 0 aromatic heterocycles. The summed E-state index contributed by atoms with van der Waals surface area (Å²) in [7, 11) is 0. The van der Waals surface area contributed by atoms with E-state index in [1.54, 1.807) is 0 Å². The molecule has 1 amide bonds. The van der Waals surface area contributed by atoms with Crippen molar-refractivity contribution in [1.29, 1.82) is 0 Å². The number of aliphatic hydroxyl groups excluding tert-OH is 1. The third-order valence-electron chi connectivity index (χ3n) is 7.99. The first-order valence-corrected chi connectivity index (χ1v) is 14.2. The largest absolute Gasteiger partial charge is 0.392 e. The van der Waals surface area contributed by atoms with E-state index < -0.39 is 6.29 Å². The van der Waals surface area contributed by atoms with Crippen molar-refractivity contribution in [2.45, 2.75) is 64.8 Å². The number of rotatable bonds is 8. The van der Waals surface area contributed by atoms with Gasteiger partial charge in [0.2, 0.25) is 5.91 Å². The number of carbonyl (C=O) groups excluding carboxylic acids is 1. The third kappa shape index (κ3) is 6.95. The molecule has 2 fully saturated rings. The molecular formula is C33H40N2O4. The molecule has 0 saturated carbocycles. The van der Waals surface area contributed by atoms with Crippen LogP contribution in [0.25, 0.3) is 11.1 Å². The maximum atomic E-state index is 11.3.